The predicted octanol–water partition coefficient (Wildman–Crippen LogP) is 2.56. The van der Waals surface area contributed by atoms with Gasteiger partial charge in [0.25, 0.3) is 10.1 Å². The van der Waals surface area contributed by atoms with E-state index in [2.05, 4.69) is 0 Å². The topological polar surface area (TPSA) is 74.6 Å². The Hall–Kier alpha value is -1.12. The molecule has 1 atom stereocenters. The molecule has 0 fully saturated rings. The van der Waals surface area contributed by atoms with Crippen LogP contribution in [-0.2, 0) is 10.1 Å². The van der Waals surface area contributed by atoms with Gasteiger partial charge < -0.3 is 5.11 Å². The Bertz CT molecular complexity index is 480. The zero-order valence-electron chi connectivity index (χ0n) is 10.3. The molecule has 0 aromatic heterocycles. The molecule has 1 aromatic carbocycles. The molecule has 0 radical (unpaired) electrons. The van der Waals surface area contributed by atoms with Crippen molar-refractivity contribution in [3.63, 3.8) is 0 Å². The largest absolute Gasteiger partial charge is 0.414 e. The molecule has 1 aromatic rings. The van der Waals surface area contributed by atoms with Gasteiger partial charge >= 0.3 is 6.18 Å². The van der Waals surface area contributed by atoms with Crippen molar-refractivity contribution in [3.05, 3.63) is 29.8 Å². The summed E-state index contributed by atoms with van der Waals surface area (Å²) in [6, 6.07) is 5.99. The molecule has 2 N–H and O–H groups in total. The molecule has 0 spiro atoms. The van der Waals surface area contributed by atoms with Crippen LogP contribution in [0.25, 0.3) is 0 Å². The molecule has 0 unspecified atom stereocenters. The molecule has 8 heteroatoms. The first-order chi connectivity index (χ1) is 8.48. The highest BCUT2D eigenvalue weighted by Crippen LogP contribution is 2.21. The Morgan fingerprint density at radius 2 is 1.63 bits per heavy atom. The lowest BCUT2D eigenvalue weighted by molar-refractivity contribution is -0.204. The number of aryl methyl sites for hydroxylation is 1. The van der Waals surface area contributed by atoms with Crippen molar-refractivity contribution in [3.8, 4) is 0 Å². The summed E-state index contributed by atoms with van der Waals surface area (Å²) in [7, 11) is -4.02. The number of rotatable bonds is 2. The second kappa shape index (κ2) is 6.88. The normalized spacial score (nSPS) is 13.4. The van der Waals surface area contributed by atoms with E-state index in [0.29, 0.717) is 0 Å². The van der Waals surface area contributed by atoms with Crippen molar-refractivity contribution in [1.82, 2.24) is 0 Å². The van der Waals surface area contributed by atoms with Gasteiger partial charge in [-0.2, -0.15) is 21.6 Å². The molecule has 110 valence electrons. The Kier molecular flexibility index (Phi) is 6.47. The van der Waals surface area contributed by atoms with E-state index in [9.17, 15) is 21.6 Å². The predicted molar refractivity (Wildman–Crippen MR) is 63.3 cm³/mol. The number of halogens is 3. The molecular formula is C11H15F3O4S. The van der Waals surface area contributed by atoms with Gasteiger partial charge in [0.15, 0.2) is 0 Å². The zero-order chi connectivity index (χ0) is 15.3. The van der Waals surface area contributed by atoms with E-state index in [4.69, 9.17) is 9.66 Å². The van der Waals surface area contributed by atoms with Crippen LogP contribution in [0, 0.1) is 6.92 Å². The van der Waals surface area contributed by atoms with Crippen LogP contribution < -0.4 is 0 Å². The first-order valence-corrected chi connectivity index (χ1v) is 6.71. The molecule has 0 heterocycles. The van der Waals surface area contributed by atoms with E-state index in [1.54, 1.807) is 12.1 Å². The Labute approximate surface area is 109 Å². The molecule has 0 amide bonds. The number of alkyl halides is 3. The van der Waals surface area contributed by atoms with Crippen molar-refractivity contribution in [2.75, 3.05) is 0 Å². The maximum Gasteiger partial charge on any atom is 0.414 e. The second-order valence-electron chi connectivity index (χ2n) is 3.75. The van der Waals surface area contributed by atoms with Gasteiger partial charge in [-0.3, -0.25) is 4.55 Å². The third-order valence-corrected chi connectivity index (χ3v) is 2.95. The van der Waals surface area contributed by atoms with Crippen LogP contribution >= 0.6 is 0 Å². The van der Waals surface area contributed by atoms with E-state index in [-0.39, 0.29) is 11.3 Å². The Morgan fingerprint density at radius 1 is 1.21 bits per heavy atom. The first-order valence-electron chi connectivity index (χ1n) is 5.27. The van der Waals surface area contributed by atoms with Crippen LogP contribution in [-0.4, -0.2) is 30.4 Å². The molecule has 1 rings (SSSR count). The maximum atomic E-state index is 11.2. The van der Waals surface area contributed by atoms with E-state index in [1.807, 2.05) is 6.92 Å². The molecule has 4 nitrogen and oxygen atoms in total. The summed E-state index contributed by atoms with van der Waals surface area (Å²) in [4.78, 5) is -0.0666. The average Bonchev–Trinajstić information content (AvgIpc) is 2.27. The molecule has 19 heavy (non-hydrogen) atoms. The molecule has 0 saturated heterocycles. The average molecular weight is 300 g/mol. The lowest BCUT2D eigenvalue weighted by Gasteiger charge is -2.10. The summed E-state index contributed by atoms with van der Waals surface area (Å²) in [6.07, 6.45) is -6.86. The van der Waals surface area contributed by atoms with Crippen molar-refractivity contribution in [2.45, 2.75) is 37.4 Å². The number of benzene rings is 1. The van der Waals surface area contributed by atoms with Crippen LogP contribution in [0.4, 0.5) is 13.2 Å². The van der Waals surface area contributed by atoms with Gasteiger partial charge in [0.2, 0.25) is 0 Å². The van der Waals surface area contributed by atoms with Gasteiger partial charge in [-0.15, -0.1) is 0 Å². The van der Waals surface area contributed by atoms with E-state index < -0.39 is 22.4 Å². The summed E-state index contributed by atoms with van der Waals surface area (Å²) >= 11 is 0. The van der Waals surface area contributed by atoms with Gasteiger partial charge in [0.05, 0.1) is 4.90 Å². The van der Waals surface area contributed by atoms with Gasteiger partial charge in [-0.25, -0.2) is 0 Å². The number of hydrogen-bond acceptors (Lipinski definition) is 3. The van der Waals surface area contributed by atoms with Crippen molar-refractivity contribution < 1.29 is 31.2 Å². The van der Waals surface area contributed by atoms with Crippen molar-refractivity contribution in [1.29, 1.82) is 0 Å². The van der Waals surface area contributed by atoms with Crippen LogP contribution in [0.5, 0.6) is 0 Å². The quantitative estimate of drug-likeness (QED) is 0.823. The second-order valence-corrected chi connectivity index (χ2v) is 5.18. The third kappa shape index (κ3) is 7.14. The first kappa shape index (κ1) is 17.9. The van der Waals surface area contributed by atoms with Gasteiger partial charge in [0, 0.05) is 0 Å². The minimum atomic E-state index is -4.44. The lowest BCUT2D eigenvalue weighted by Crippen LogP contribution is -2.27. The van der Waals surface area contributed by atoms with Crippen molar-refractivity contribution >= 4 is 10.1 Å². The van der Waals surface area contributed by atoms with Crippen LogP contribution in [0.3, 0.4) is 0 Å². The van der Waals surface area contributed by atoms with E-state index >= 15 is 0 Å². The van der Waals surface area contributed by atoms with E-state index in [0.717, 1.165) is 5.56 Å². The number of hydrogen-bond donors (Lipinski definition) is 2. The minimum absolute atomic E-state index is 0.0666. The third-order valence-electron chi connectivity index (χ3n) is 2.08. The minimum Gasteiger partial charge on any atom is -0.384 e. The number of aliphatic hydroxyl groups excluding tert-OH is 1. The summed E-state index contributed by atoms with van der Waals surface area (Å²) < 4.78 is 63.2. The van der Waals surface area contributed by atoms with E-state index in [1.165, 1.54) is 19.1 Å². The number of aliphatic hydroxyl groups is 1. The summed E-state index contributed by atoms with van der Waals surface area (Å²) in [6.45, 7) is 3.12. The van der Waals surface area contributed by atoms with Crippen molar-refractivity contribution in [2.24, 2.45) is 0 Å². The Morgan fingerprint density at radius 3 is 1.84 bits per heavy atom. The fraction of sp³-hybridized carbons (Fsp3) is 0.455. The molecular weight excluding hydrogens is 285 g/mol. The molecule has 0 aliphatic rings. The van der Waals surface area contributed by atoms with Crippen LogP contribution in [0.15, 0.2) is 29.2 Å². The molecule has 0 aliphatic carbocycles. The SMILES string of the molecule is CC[C@H](O)C(F)(F)F.Cc1ccc(S(=O)(=O)O)cc1. The van der Waals surface area contributed by atoms with Crippen LogP contribution in [0.1, 0.15) is 18.9 Å². The highest BCUT2D eigenvalue weighted by Gasteiger charge is 2.36. The van der Waals surface area contributed by atoms with Gasteiger partial charge in [-0.05, 0) is 25.5 Å². The van der Waals surface area contributed by atoms with Gasteiger partial charge in [0.1, 0.15) is 6.10 Å². The monoisotopic (exact) mass is 300 g/mol. The highest BCUT2D eigenvalue weighted by molar-refractivity contribution is 7.85. The highest BCUT2D eigenvalue weighted by atomic mass is 32.2. The molecule has 0 bridgehead atoms. The lowest BCUT2D eigenvalue weighted by atomic mass is 10.2. The summed E-state index contributed by atoms with van der Waals surface area (Å²) in [5.74, 6) is 0. The Balaban J connectivity index is 0.000000362. The smallest absolute Gasteiger partial charge is 0.384 e. The summed E-state index contributed by atoms with van der Waals surface area (Å²) in [5.41, 5.74) is 0.956. The van der Waals surface area contributed by atoms with Crippen LogP contribution in [0.2, 0.25) is 0 Å². The van der Waals surface area contributed by atoms with Gasteiger partial charge in [-0.1, -0.05) is 24.6 Å². The zero-order valence-corrected chi connectivity index (χ0v) is 11.2. The molecule has 0 saturated carbocycles. The fourth-order valence-corrected chi connectivity index (χ4v) is 1.42. The summed E-state index contributed by atoms with van der Waals surface area (Å²) in [5, 5.41) is 8.07. The standard InChI is InChI=1S/C7H8O3S.C4H7F3O/c1-6-2-4-7(5-3-6)11(8,9)10;1-2-3(8)4(5,6)7/h2-5H,1H3,(H,8,9,10);3,8H,2H2,1H3/t;3-/m.0/s1. The maximum absolute atomic E-state index is 11.2. The fourth-order valence-electron chi connectivity index (χ4n) is 0.942. The molecule has 0 aliphatic heterocycles.